The molecule has 1 N–H and O–H groups in total. The summed E-state index contributed by atoms with van der Waals surface area (Å²) in [7, 11) is 4.00. The molecule has 1 saturated carbocycles. The van der Waals surface area contributed by atoms with Crippen molar-refractivity contribution in [1.82, 2.24) is 14.9 Å². The highest BCUT2D eigenvalue weighted by atomic mass is 16.1. The lowest BCUT2D eigenvalue weighted by Crippen LogP contribution is -2.12. The molecule has 1 fully saturated rings. The lowest BCUT2D eigenvalue weighted by atomic mass is 10.0. The second-order valence-corrected chi connectivity index (χ2v) is 7.43. The van der Waals surface area contributed by atoms with Crippen LogP contribution in [0.15, 0.2) is 42.7 Å². The Morgan fingerprint density at radius 3 is 2.68 bits per heavy atom. The Hall–Kier alpha value is -3.30. The number of hydrogen-bond acceptors (Lipinski definition) is 6. The zero-order chi connectivity index (χ0) is 19.7. The minimum Gasteiger partial charge on any atom is -0.353 e. The highest BCUT2D eigenvalue weighted by molar-refractivity contribution is 6.10. The van der Waals surface area contributed by atoms with Crippen LogP contribution in [0.25, 0.3) is 10.9 Å². The molecule has 6 nitrogen and oxygen atoms in total. The van der Waals surface area contributed by atoms with E-state index < -0.39 is 0 Å². The average Bonchev–Trinajstić information content (AvgIpc) is 3.53. The molecule has 3 aromatic rings. The summed E-state index contributed by atoms with van der Waals surface area (Å²) in [5.74, 6) is 0.191. The lowest BCUT2D eigenvalue weighted by Gasteiger charge is -2.15. The Morgan fingerprint density at radius 1 is 1.21 bits per heavy atom. The summed E-state index contributed by atoms with van der Waals surface area (Å²) in [6.07, 6.45) is 5.26. The fraction of sp³-hybridized carbons (Fsp3) is 0.273. The SMILES string of the molecule is CN(C)Cc1ccc(Nc2c(C(=O)C3CC3)cnc3ccc(C#N)cc23)cn1. The van der Waals surface area contributed by atoms with Crippen LogP contribution in [0.2, 0.25) is 0 Å². The first-order valence-electron chi connectivity index (χ1n) is 9.29. The van der Waals surface area contributed by atoms with Crippen molar-refractivity contribution in [3.05, 3.63) is 59.5 Å². The van der Waals surface area contributed by atoms with E-state index in [0.717, 1.165) is 41.7 Å². The molecule has 1 aromatic carbocycles. The van der Waals surface area contributed by atoms with Gasteiger partial charge in [0.15, 0.2) is 5.78 Å². The first-order chi connectivity index (χ1) is 13.5. The van der Waals surface area contributed by atoms with Gasteiger partial charge in [-0.15, -0.1) is 0 Å². The summed E-state index contributed by atoms with van der Waals surface area (Å²) < 4.78 is 0. The topological polar surface area (TPSA) is 81.9 Å². The Kier molecular flexibility index (Phi) is 4.76. The third-order valence-electron chi connectivity index (χ3n) is 4.78. The van der Waals surface area contributed by atoms with Gasteiger partial charge < -0.3 is 10.2 Å². The maximum atomic E-state index is 12.8. The number of hydrogen-bond donors (Lipinski definition) is 1. The number of carbonyl (C=O) groups is 1. The van der Waals surface area contributed by atoms with E-state index in [0.29, 0.717) is 16.8 Å². The van der Waals surface area contributed by atoms with Crippen molar-refractivity contribution >= 4 is 28.1 Å². The Labute approximate surface area is 163 Å². The van der Waals surface area contributed by atoms with E-state index >= 15 is 0 Å². The monoisotopic (exact) mass is 371 g/mol. The molecule has 1 aliphatic carbocycles. The predicted octanol–water partition coefficient (Wildman–Crippen LogP) is 3.90. The van der Waals surface area contributed by atoms with Gasteiger partial charge in [-0.1, -0.05) is 0 Å². The number of rotatable bonds is 6. The van der Waals surface area contributed by atoms with Crippen LogP contribution in [0.1, 0.15) is 34.5 Å². The second kappa shape index (κ2) is 7.37. The third-order valence-corrected chi connectivity index (χ3v) is 4.78. The molecule has 4 rings (SSSR count). The number of fused-ring (bicyclic) bond motifs is 1. The standard InChI is InChI=1S/C22H21N5O/c1-27(2)13-17-7-6-16(11-24-17)26-21-18-9-14(10-23)3-8-20(18)25-12-19(21)22(28)15-4-5-15/h3,6-9,11-12,15H,4-5,13H2,1-2H3,(H,25,26). The van der Waals surface area contributed by atoms with Crippen molar-refractivity contribution in [2.24, 2.45) is 5.92 Å². The van der Waals surface area contributed by atoms with Gasteiger partial charge in [0.05, 0.1) is 46.0 Å². The zero-order valence-corrected chi connectivity index (χ0v) is 15.9. The Bertz CT molecular complexity index is 1080. The number of carbonyl (C=O) groups excluding carboxylic acids is 1. The van der Waals surface area contributed by atoms with Crippen LogP contribution < -0.4 is 5.32 Å². The molecule has 0 atom stereocenters. The van der Waals surface area contributed by atoms with Crippen LogP contribution in [0, 0.1) is 17.2 Å². The number of benzene rings is 1. The van der Waals surface area contributed by atoms with E-state index in [9.17, 15) is 10.1 Å². The molecule has 140 valence electrons. The van der Waals surface area contributed by atoms with Crippen LogP contribution in [0.4, 0.5) is 11.4 Å². The average molecular weight is 371 g/mol. The molecule has 2 aromatic heterocycles. The van der Waals surface area contributed by atoms with Gasteiger partial charge in [-0.05, 0) is 57.3 Å². The molecule has 6 heteroatoms. The molecule has 0 unspecified atom stereocenters. The van der Waals surface area contributed by atoms with Gasteiger partial charge >= 0.3 is 0 Å². The van der Waals surface area contributed by atoms with E-state index in [1.165, 1.54) is 0 Å². The van der Waals surface area contributed by atoms with E-state index in [-0.39, 0.29) is 11.7 Å². The van der Waals surface area contributed by atoms with E-state index in [2.05, 4.69) is 26.3 Å². The quantitative estimate of drug-likeness (QED) is 0.662. The predicted molar refractivity (Wildman–Crippen MR) is 108 cm³/mol. The van der Waals surface area contributed by atoms with Crippen LogP contribution in [-0.4, -0.2) is 34.7 Å². The molecule has 2 heterocycles. The van der Waals surface area contributed by atoms with Gasteiger partial charge in [0.2, 0.25) is 0 Å². The van der Waals surface area contributed by atoms with E-state index in [4.69, 9.17) is 0 Å². The van der Waals surface area contributed by atoms with Crippen LogP contribution in [0.3, 0.4) is 0 Å². The van der Waals surface area contributed by atoms with Crippen LogP contribution in [-0.2, 0) is 6.54 Å². The van der Waals surface area contributed by atoms with Crippen molar-refractivity contribution in [2.75, 3.05) is 19.4 Å². The molecule has 1 aliphatic rings. The molecule has 28 heavy (non-hydrogen) atoms. The molecule has 0 spiro atoms. The summed E-state index contributed by atoms with van der Waals surface area (Å²) in [6, 6.07) is 11.4. The third kappa shape index (κ3) is 3.71. The maximum absolute atomic E-state index is 12.8. The number of nitriles is 1. The van der Waals surface area contributed by atoms with Crippen LogP contribution >= 0.6 is 0 Å². The fourth-order valence-electron chi connectivity index (χ4n) is 3.21. The molecular formula is C22H21N5O. The van der Waals surface area contributed by atoms with Gasteiger partial charge in [-0.25, -0.2) is 0 Å². The molecule has 0 saturated heterocycles. The number of pyridine rings is 2. The Balaban J connectivity index is 1.77. The summed E-state index contributed by atoms with van der Waals surface area (Å²) in [4.78, 5) is 23.8. The minimum absolute atomic E-state index is 0.0829. The summed E-state index contributed by atoms with van der Waals surface area (Å²) in [5, 5.41) is 13.4. The number of nitrogens with zero attached hydrogens (tertiary/aromatic N) is 4. The smallest absolute Gasteiger partial charge is 0.169 e. The summed E-state index contributed by atoms with van der Waals surface area (Å²) in [5.41, 5.74) is 4.31. The van der Waals surface area contributed by atoms with Crippen molar-refractivity contribution in [1.29, 1.82) is 5.26 Å². The van der Waals surface area contributed by atoms with Crippen molar-refractivity contribution in [2.45, 2.75) is 19.4 Å². The molecule has 0 bridgehead atoms. The van der Waals surface area contributed by atoms with Gasteiger partial charge in [0, 0.05) is 24.0 Å². The normalized spacial score (nSPS) is 13.5. The number of aromatic nitrogens is 2. The zero-order valence-electron chi connectivity index (χ0n) is 15.9. The number of ketones is 1. The molecule has 0 amide bonds. The summed E-state index contributed by atoms with van der Waals surface area (Å²) >= 11 is 0. The van der Waals surface area contributed by atoms with Crippen molar-refractivity contribution in [3.63, 3.8) is 0 Å². The van der Waals surface area contributed by atoms with Gasteiger partial charge in [0.1, 0.15) is 0 Å². The number of Topliss-reactive ketones (excluding diaryl/α,β-unsaturated/α-hetero) is 1. The van der Waals surface area contributed by atoms with E-state index in [1.54, 1.807) is 24.5 Å². The van der Waals surface area contributed by atoms with Crippen molar-refractivity contribution in [3.8, 4) is 6.07 Å². The van der Waals surface area contributed by atoms with Gasteiger partial charge in [-0.3, -0.25) is 14.8 Å². The van der Waals surface area contributed by atoms with Gasteiger partial charge in [-0.2, -0.15) is 5.26 Å². The largest absolute Gasteiger partial charge is 0.353 e. The highest BCUT2D eigenvalue weighted by Crippen LogP contribution is 2.37. The fourth-order valence-corrected chi connectivity index (χ4v) is 3.21. The number of anilines is 2. The molecular weight excluding hydrogens is 350 g/mol. The minimum atomic E-state index is 0.0829. The van der Waals surface area contributed by atoms with Gasteiger partial charge in [0.25, 0.3) is 0 Å². The van der Waals surface area contributed by atoms with Crippen molar-refractivity contribution < 1.29 is 4.79 Å². The first-order valence-corrected chi connectivity index (χ1v) is 9.29. The second-order valence-electron chi connectivity index (χ2n) is 7.43. The first kappa shape index (κ1) is 18.1. The summed E-state index contributed by atoms with van der Waals surface area (Å²) in [6.45, 7) is 0.759. The molecule has 0 radical (unpaired) electrons. The highest BCUT2D eigenvalue weighted by Gasteiger charge is 2.32. The molecule has 0 aliphatic heterocycles. The lowest BCUT2D eigenvalue weighted by molar-refractivity contribution is 0.0968. The number of nitrogens with one attached hydrogen (secondary N) is 1. The Morgan fingerprint density at radius 2 is 2.04 bits per heavy atom. The van der Waals surface area contributed by atoms with Crippen LogP contribution in [0.5, 0.6) is 0 Å². The maximum Gasteiger partial charge on any atom is 0.169 e. The van der Waals surface area contributed by atoms with E-state index in [1.807, 2.05) is 32.3 Å².